The molecule has 0 saturated carbocycles. The quantitative estimate of drug-likeness (QED) is 0.493. The molecule has 1 unspecified atom stereocenters. The van der Waals surface area contributed by atoms with E-state index in [1.807, 2.05) is 54.2 Å². The molecule has 0 amide bonds. The Morgan fingerprint density at radius 1 is 1.03 bits per heavy atom. The lowest BCUT2D eigenvalue weighted by atomic mass is 10.1. The maximum atomic E-state index is 5.11. The van der Waals surface area contributed by atoms with Crippen molar-refractivity contribution in [3.63, 3.8) is 0 Å². The Balaban J connectivity index is 1.53. The first-order valence-corrected chi connectivity index (χ1v) is 11.2. The van der Waals surface area contributed by atoms with E-state index in [9.17, 15) is 0 Å². The second kappa shape index (κ2) is 7.52. The van der Waals surface area contributed by atoms with E-state index in [2.05, 4.69) is 36.7 Å². The van der Waals surface area contributed by atoms with Crippen LogP contribution in [0.4, 0.5) is 5.82 Å². The molecule has 32 heavy (non-hydrogen) atoms. The van der Waals surface area contributed by atoms with E-state index < -0.39 is 0 Å². The predicted octanol–water partition coefficient (Wildman–Crippen LogP) is 3.50. The molecule has 4 aromatic rings. The van der Waals surface area contributed by atoms with Crippen molar-refractivity contribution in [1.82, 2.24) is 39.3 Å². The van der Waals surface area contributed by atoms with E-state index in [1.54, 1.807) is 6.20 Å². The zero-order valence-corrected chi connectivity index (χ0v) is 18.3. The highest BCUT2D eigenvalue weighted by Gasteiger charge is 2.39. The van der Waals surface area contributed by atoms with Crippen LogP contribution >= 0.6 is 0 Å². The molecular weight excluding hydrogens is 402 g/mol. The van der Waals surface area contributed by atoms with Gasteiger partial charge >= 0.3 is 0 Å². The highest BCUT2D eigenvalue weighted by atomic mass is 15.7. The molecule has 2 aliphatic rings. The molecule has 162 valence electrons. The Kier molecular flexibility index (Phi) is 4.50. The number of aromatic nitrogens is 7. The molecule has 2 aliphatic heterocycles. The minimum atomic E-state index is 0.0842. The lowest BCUT2D eigenvalue weighted by Gasteiger charge is -2.42. The summed E-state index contributed by atoms with van der Waals surface area (Å²) in [5.41, 5.74) is 1.95. The Bertz CT molecular complexity index is 1250. The van der Waals surface area contributed by atoms with E-state index >= 15 is 0 Å². The van der Waals surface area contributed by atoms with Gasteiger partial charge in [0, 0.05) is 31.0 Å². The summed E-state index contributed by atoms with van der Waals surface area (Å²) in [7, 11) is 0. The fourth-order valence-electron chi connectivity index (χ4n) is 4.82. The third-order valence-corrected chi connectivity index (χ3v) is 6.30. The fourth-order valence-corrected chi connectivity index (χ4v) is 4.82. The highest BCUT2D eigenvalue weighted by molar-refractivity contribution is 5.63. The molecule has 1 atom stereocenters. The van der Waals surface area contributed by atoms with Gasteiger partial charge in [-0.05, 0) is 26.2 Å². The summed E-state index contributed by atoms with van der Waals surface area (Å²) >= 11 is 0. The molecule has 1 fully saturated rings. The van der Waals surface area contributed by atoms with Gasteiger partial charge < -0.3 is 0 Å². The van der Waals surface area contributed by atoms with Gasteiger partial charge in [-0.25, -0.2) is 15.0 Å². The number of aryl methyl sites for hydroxylation is 1. The summed E-state index contributed by atoms with van der Waals surface area (Å²) in [6.07, 6.45) is 8.88. The van der Waals surface area contributed by atoms with Gasteiger partial charge in [0.25, 0.3) is 0 Å². The topological polar surface area (TPSA) is 80.8 Å². The molecule has 0 aliphatic carbocycles. The van der Waals surface area contributed by atoms with Gasteiger partial charge in [0.15, 0.2) is 11.6 Å². The molecule has 6 rings (SSSR count). The summed E-state index contributed by atoms with van der Waals surface area (Å²) in [5, 5.41) is 13.6. The van der Waals surface area contributed by atoms with Crippen LogP contribution in [0.2, 0.25) is 0 Å². The van der Waals surface area contributed by atoms with Crippen molar-refractivity contribution in [2.45, 2.75) is 39.2 Å². The maximum Gasteiger partial charge on any atom is 0.237 e. The van der Waals surface area contributed by atoms with Crippen molar-refractivity contribution in [1.29, 1.82) is 0 Å². The zero-order valence-electron chi connectivity index (χ0n) is 18.3. The lowest BCUT2D eigenvalue weighted by Crippen LogP contribution is -2.47. The molecule has 9 nitrogen and oxygen atoms in total. The van der Waals surface area contributed by atoms with Crippen LogP contribution in [0.3, 0.4) is 0 Å². The summed E-state index contributed by atoms with van der Waals surface area (Å²) in [6, 6.07) is 10.2. The minimum Gasteiger partial charge on any atom is -0.277 e. The first-order chi connectivity index (χ1) is 15.8. The number of imidazole rings is 1. The SMILES string of the molecule is CCC1c2nnc(C)n2-c2cnc(-n3ccnc3-c3ccccc3)nc2N1N1CCCC1. The number of anilines is 1. The number of fused-ring (bicyclic) bond motifs is 3. The highest BCUT2D eigenvalue weighted by Crippen LogP contribution is 2.40. The van der Waals surface area contributed by atoms with Crippen molar-refractivity contribution >= 4 is 5.82 Å². The van der Waals surface area contributed by atoms with Crippen LogP contribution in [0.5, 0.6) is 0 Å². The number of hydrogen-bond acceptors (Lipinski definition) is 7. The average molecular weight is 428 g/mol. The predicted molar refractivity (Wildman–Crippen MR) is 121 cm³/mol. The van der Waals surface area contributed by atoms with Gasteiger partial charge in [0.05, 0.1) is 6.20 Å². The third-order valence-electron chi connectivity index (χ3n) is 6.30. The van der Waals surface area contributed by atoms with Crippen molar-refractivity contribution in [3.05, 3.63) is 60.6 Å². The van der Waals surface area contributed by atoms with Crippen LogP contribution in [0.25, 0.3) is 23.0 Å². The van der Waals surface area contributed by atoms with E-state index in [4.69, 9.17) is 9.97 Å². The van der Waals surface area contributed by atoms with Crippen molar-refractivity contribution in [2.75, 3.05) is 18.1 Å². The van der Waals surface area contributed by atoms with Gasteiger partial charge in [-0.1, -0.05) is 37.3 Å². The van der Waals surface area contributed by atoms with Gasteiger partial charge in [0.2, 0.25) is 5.95 Å². The molecule has 1 saturated heterocycles. The molecular formula is C23H25N9. The van der Waals surface area contributed by atoms with Crippen LogP contribution in [0.15, 0.2) is 48.9 Å². The van der Waals surface area contributed by atoms with E-state index in [0.717, 1.165) is 54.1 Å². The maximum absolute atomic E-state index is 5.11. The monoisotopic (exact) mass is 427 g/mol. The number of hydrogen-bond donors (Lipinski definition) is 0. The standard InChI is InChI=1S/C23H25N9/c1-3-18-22-28-27-16(2)31(22)19-15-25-23(26-21(19)32(18)29-12-7-8-13-29)30-14-11-24-20(30)17-9-5-4-6-10-17/h4-6,9-11,14-15,18H,3,7-8,12-13H2,1-2H3. The summed E-state index contributed by atoms with van der Waals surface area (Å²) in [6.45, 7) is 6.21. The molecule has 0 spiro atoms. The number of nitrogens with zero attached hydrogens (tertiary/aromatic N) is 9. The minimum absolute atomic E-state index is 0.0842. The first-order valence-electron chi connectivity index (χ1n) is 11.2. The molecule has 3 aromatic heterocycles. The summed E-state index contributed by atoms with van der Waals surface area (Å²) in [5.74, 6) is 4.13. The summed E-state index contributed by atoms with van der Waals surface area (Å²) < 4.78 is 4.05. The molecule has 0 bridgehead atoms. The number of hydrazine groups is 1. The second-order valence-corrected chi connectivity index (χ2v) is 8.24. The van der Waals surface area contributed by atoms with Gasteiger partial charge in [0.1, 0.15) is 23.4 Å². The van der Waals surface area contributed by atoms with Gasteiger partial charge in [-0.2, -0.15) is 4.98 Å². The van der Waals surface area contributed by atoms with Gasteiger partial charge in [-0.3, -0.25) is 14.1 Å². The van der Waals surface area contributed by atoms with Gasteiger partial charge in [-0.15, -0.1) is 10.2 Å². The Labute approximate surface area is 186 Å². The first kappa shape index (κ1) is 19.1. The molecule has 5 heterocycles. The smallest absolute Gasteiger partial charge is 0.237 e. The molecule has 0 N–H and O–H groups in total. The van der Waals surface area contributed by atoms with Crippen molar-refractivity contribution < 1.29 is 0 Å². The van der Waals surface area contributed by atoms with Crippen LogP contribution < -0.4 is 5.01 Å². The largest absolute Gasteiger partial charge is 0.277 e. The van der Waals surface area contributed by atoms with Crippen LogP contribution in [0, 0.1) is 6.92 Å². The van der Waals surface area contributed by atoms with E-state index in [0.29, 0.717) is 5.95 Å². The number of benzene rings is 1. The van der Waals surface area contributed by atoms with E-state index in [-0.39, 0.29) is 6.04 Å². The molecule has 0 radical (unpaired) electrons. The Morgan fingerprint density at radius 2 is 1.84 bits per heavy atom. The molecule has 1 aromatic carbocycles. The Morgan fingerprint density at radius 3 is 2.62 bits per heavy atom. The number of rotatable bonds is 4. The summed E-state index contributed by atoms with van der Waals surface area (Å²) in [4.78, 5) is 14.4. The van der Waals surface area contributed by atoms with Crippen LogP contribution in [-0.2, 0) is 0 Å². The second-order valence-electron chi connectivity index (χ2n) is 8.24. The third kappa shape index (κ3) is 2.85. The van der Waals surface area contributed by atoms with Crippen molar-refractivity contribution in [3.8, 4) is 23.0 Å². The van der Waals surface area contributed by atoms with E-state index in [1.165, 1.54) is 12.8 Å². The molecule has 9 heteroatoms. The zero-order chi connectivity index (χ0) is 21.7. The van der Waals surface area contributed by atoms with Crippen LogP contribution in [0.1, 0.15) is 43.9 Å². The fraction of sp³-hybridized carbons (Fsp3) is 0.348. The normalized spacial score (nSPS) is 18.1. The average Bonchev–Trinajstić information content (AvgIpc) is 3.60. The van der Waals surface area contributed by atoms with Crippen molar-refractivity contribution in [2.24, 2.45) is 0 Å². The van der Waals surface area contributed by atoms with Crippen LogP contribution in [-0.4, -0.2) is 52.4 Å². The lowest BCUT2D eigenvalue weighted by molar-refractivity contribution is 0.255. The Hall–Kier alpha value is -3.59.